The molecule has 1 unspecified atom stereocenters. The standard InChI is InChI=1S/C16H16BrClFN/c1-11(7-12-3-2-4-14(18)8-12)20-10-13-5-6-16(19)15(17)9-13/h2-6,8-9,11,20H,7,10H2,1H3. The van der Waals surface area contributed by atoms with Crippen molar-refractivity contribution < 1.29 is 4.39 Å². The molecule has 1 nitrogen and oxygen atoms in total. The maximum atomic E-state index is 13.1. The Morgan fingerprint density at radius 3 is 2.70 bits per heavy atom. The minimum Gasteiger partial charge on any atom is -0.310 e. The molecule has 1 N–H and O–H groups in total. The van der Waals surface area contributed by atoms with Crippen LogP contribution in [0.1, 0.15) is 18.1 Å². The van der Waals surface area contributed by atoms with Crippen LogP contribution in [-0.2, 0) is 13.0 Å². The molecular formula is C16H16BrClFN. The predicted molar refractivity (Wildman–Crippen MR) is 85.6 cm³/mol. The van der Waals surface area contributed by atoms with E-state index < -0.39 is 0 Å². The number of hydrogen-bond acceptors (Lipinski definition) is 1. The van der Waals surface area contributed by atoms with Crippen LogP contribution in [-0.4, -0.2) is 6.04 Å². The molecule has 0 radical (unpaired) electrons. The Bertz CT molecular complexity index is 588. The lowest BCUT2D eigenvalue weighted by molar-refractivity contribution is 0.544. The van der Waals surface area contributed by atoms with Crippen LogP contribution in [0.15, 0.2) is 46.9 Å². The zero-order chi connectivity index (χ0) is 14.5. The third-order valence-corrected chi connectivity index (χ3v) is 3.91. The summed E-state index contributed by atoms with van der Waals surface area (Å²) in [5.74, 6) is -0.235. The average molecular weight is 357 g/mol. The van der Waals surface area contributed by atoms with Crippen LogP contribution < -0.4 is 5.32 Å². The van der Waals surface area contributed by atoms with E-state index in [1.165, 1.54) is 11.6 Å². The molecule has 0 aliphatic carbocycles. The van der Waals surface area contributed by atoms with E-state index in [1.54, 1.807) is 12.1 Å². The third-order valence-electron chi connectivity index (χ3n) is 3.07. The Labute approximate surface area is 132 Å². The lowest BCUT2D eigenvalue weighted by Gasteiger charge is -2.14. The van der Waals surface area contributed by atoms with E-state index >= 15 is 0 Å². The summed E-state index contributed by atoms with van der Waals surface area (Å²) in [6.07, 6.45) is 0.906. The molecule has 2 aromatic rings. The summed E-state index contributed by atoms with van der Waals surface area (Å²) in [4.78, 5) is 0. The quantitative estimate of drug-likeness (QED) is 0.798. The normalized spacial score (nSPS) is 12.4. The van der Waals surface area contributed by atoms with Gasteiger partial charge in [0.2, 0.25) is 0 Å². The van der Waals surface area contributed by atoms with Crippen LogP contribution in [0.4, 0.5) is 4.39 Å². The summed E-state index contributed by atoms with van der Waals surface area (Å²) >= 11 is 9.17. The highest BCUT2D eigenvalue weighted by Crippen LogP contribution is 2.17. The smallest absolute Gasteiger partial charge is 0.137 e. The van der Waals surface area contributed by atoms with Gasteiger partial charge in [-0.05, 0) is 64.7 Å². The van der Waals surface area contributed by atoms with Crippen LogP contribution in [0, 0.1) is 5.82 Å². The molecule has 0 aliphatic rings. The Balaban J connectivity index is 1.88. The van der Waals surface area contributed by atoms with Crippen molar-refractivity contribution in [2.45, 2.75) is 25.9 Å². The van der Waals surface area contributed by atoms with Crippen molar-refractivity contribution in [3.63, 3.8) is 0 Å². The van der Waals surface area contributed by atoms with E-state index in [1.807, 2.05) is 18.2 Å². The SMILES string of the molecule is CC(Cc1cccc(Cl)c1)NCc1ccc(F)c(Br)c1. The molecule has 20 heavy (non-hydrogen) atoms. The van der Waals surface area contributed by atoms with Crippen molar-refractivity contribution in [3.05, 3.63) is 68.9 Å². The van der Waals surface area contributed by atoms with Gasteiger partial charge in [0, 0.05) is 17.6 Å². The van der Waals surface area contributed by atoms with Crippen LogP contribution in [0.25, 0.3) is 0 Å². The van der Waals surface area contributed by atoms with Crippen molar-refractivity contribution in [1.29, 1.82) is 0 Å². The largest absolute Gasteiger partial charge is 0.310 e. The molecule has 0 aromatic heterocycles. The minimum atomic E-state index is -0.235. The van der Waals surface area contributed by atoms with Gasteiger partial charge >= 0.3 is 0 Å². The second kappa shape index (κ2) is 7.21. The molecule has 0 bridgehead atoms. The van der Waals surface area contributed by atoms with Gasteiger partial charge in [0.05, 0.1) is 4.47 Å². The van der Waals surface area contributed by atoms with Gasteiger partial charge in [0.15, 0.2) is 0 Å². The first-order valence-electron chi connectivity index (χ1n) is 6.46. The van der Waals surface area contributed by atoms with Gasteiger partial charge in [-0.1, -0.05) is 29.8 Å². The van der Waals surface area contributed by atoms with Crippen molar-refractivity contribution in [2.24, 2.45) is 0 Å². The number of benzene rings is 2. The third kappa shape index (κ3) is 4.58. The molecule has 2 rings (SSSR count). The van der Waals surface area contributed by atoms with Crippen molar-refractivity contribution in [1.82, 2.24) is 5.32 Å². The number of rotatable bonds is 5. The Morgan fingerprint density at radius 1 is 1.20 bits per heavy atom. The molecule has 2 aromatic carbocycles. The zero-order valence-corrected chi connectivity index (χ0v) is 13.5. The second-order valence-corrected chi connectivity index (χ2v) is 6.16. The Kier molecular flexibility index (Phi) is 5.58. The van der Waals surface area contributed by atoms with Gasteiger partial charge < -0.3 is 5.32 Å². The molecule has 0 fully saturated rings. The summed E-state index contributed by atoms with van der Waals surface area (Å²) in [6, 6.07) is 13.3. The molecule has 0 spiro atoms. The number of halogens is 3. The van der Waals surface area contributed by atoms with E-state index in [4.69, 9.17) is 11.6 Å². The van der Waals surface area contributed by atoms with E-state index in [0.29, 0.717) is 17.1 Å². The second-order valence-electron chi connectivity index (χ2n) is 4.86. The topological polar surface area (TPSA) is 12.0 Å². The fraction of sp³-hybridized carbons (Fsp3) is 0.250. The molecule has 0 aliphatic heterocycles. The molecule has 0 saturated carbocycles. The van der Waals surface area contributed by atoms with Crippen LogP contribution in [0.5, 0.6) is 0 Å². The van der Waals surface area contributed by atoms with Crippen molar-refractivity contribution in [3.8, 4) is 0 Å². The summed E-state index contributed by atoms with van der Waals surface area (Å²) in [7, 11) is 0. The number of nitrogens with one attached hydrogen (secondary N) is 1. The summed E-state index contributed by atoms with van der Waals surface area (Å²) in [5, 5.41) is 4.19. The molecular weight excluding hydrogens is 341 g/mol. The summed E-state index contributed by atoms with van der Waals surface area (Å²) < 4.78 is 13.6. The molecule has 0 heterocycles. The summed E-state index contributed by atoms with van der Waals surface area (Å²) in [6.45, 7) is 2.83. The van der Waals surface area contributed by atoms with Gasteiger partial charge in [0.25, 0.3) is 0 Å². The first-order chi connectivity index (χ1) is 9.54. The summed E-state index contributed by atoms with van der Waals surface area (Å²) in [5.41, 5.74) is 2.26. The lowest BCUT2D eigenvalue weighted by atomic mass is 10.1. The van der Waals surface area contributed by atoms with E-state index in [-0.39, 0.29) is 5.82 Å². The van der Waals surface area contributed by atoms with Crippen LogP contribution in [0.2, 0.25) is 5.02 Å². The highest BCUT2D eigenvalue weighted by Gasteiger charge is 2.05. The minimum absolute atomic E-state index is 0.235. The molecule has 106 valence electrons. The monoisotopic (exact) mass is 355 g/mol. The van der Waals surface area contributed by atoms with Gasteiger partial charge in [-0.3, -0.25) is 0 Å². The Morgan fingerprint density at radius 2 is 2.00 bits per heavy atom. The fourth-order valence-corrected chi connectivity index (χ4v) is 2.67. The van der Waals surface area contributed by atoms with Crippen molar-refractivity contribution >= 4 is 27.5 Å². The first-order valence-corrected chi connectivity index (χ1v) is 7.63. The molecule has 1 atom stereocenters. The maximum absolute atomic E-state index is 13.1. The van der Waals surface area contributed by atoms with Crippen molar-refractivity contribution in [2.75, 3.05) is 0 Å². The molecule has 0 saturated heterocycles. The highest BCUT2D eigenvalue weighted by molar-refractivity contribution is 9.10. The predicted octanol–water partition coefficient (Wildman–Crippen LogP) is 4.96. The first kappa shape index (κ1) is 15.5. The molecule has 0 amide bonds. The van der Waals surface area contributed by atoms with Gasteiger partial charge in [-0.25, -0.2) is 4.39 Å². The Hall–Kier alpha value is -0.900. The van der Waals surface area contributed by atoms with E-state index in [9.17, 15) is 4.39 Å². The highest BCUT2D eigenvalue weighted by atomic mass is 79.9. The van der Waals surface area contributed by atoms with Crippen LogP contribution >= 0.6 is 27.5 Å². The van der Waals surface area contributed by atoms with Gasteiger partial charge in [0.1, 0.15) is 5.82 Å². The molecule has 4 heteroatoms. The van der Waals surface area contributed by atoms with Crippen LogP contribution in [0.3, 0.4) is 0 Å². The maximum Gasteiger partial charge on any atom is 0.137 e. The van der Waals surface area contributed by atoms with E-state index in [0.717, 1.165) is 17.0 Å². The number of hydrogen-bond donors (Lipinski definition) is 1. The average Bonchev–Trinajstić information content (AvgIpc) is 2.40. The van der Waals surface area contributed by atoms with Gasteiger partial charge in [-0.15, -0.1) is 0 Å². The zero-order valence-electron chi connectivity index (χ0n) is 11.2. The van der Waals surface area contributed by atoms with Gasteiger partial charge in [-0.2, -0.15) is 0 Å². The fourth-order valence-electron chi connectivity index (χ4n) is 2.03. The van der Waals surface area contributed by atoms with E-state index in [2.05, 4.69) is 34.2 Å². The lowest BCUT2D eigenvalue weighted by Crippen LogP contribution is -2.27.